The van der Waals surface area contributed by atoms with E-state index in [4.69, 9.17) is 9.73 Å². The maximum Gasteiger partial charge on any atom is 0.191 e. The van der Waals surface area contributed by atoms with Gasteiger partial charge in [-0.25, -0.2) is 0 Å². The first kappa shape index (κ1) is 16.8. The molecule has 2 aromatic rings. The van der Waals surface area contributed by atoms with E-state index in [-0.39, 0.29) is 5.41 Å². The molecule has 1 aliphatic heterocycles. The molecule has 1 aromatic carbocycles. The number of hydrogen-bond acceptors (Lipinski definition) is 2. The second-order valence-corrected chi connectivity index (χ2v) is 6.99. The molecule has 0 atom stereocenters. The predicted octanol–water partition coefficient (Wildman–Crippen LogP) is 2.61. The molecule has 0 saturated carbocycles. The monoisotopic (exact) mass is 328 g/mol. The molecule has 0 radical (unpaired) electrons. The van der Waals surface area contributed by atoms with Gasteiger partial charge in [-0.3, -0.25) is 4.99 Å². The number of fused-ring (bicyclic) bond motifs is 1. The van der Waals surface area contributed by atoms with Crippen LogP contribution >= 0.6 is 0 Å². The van der Waals surface area contributed by atoms with E-state index in [1.54, 1.807) is 0 Å². The lowest BCUT2D eigenvalue weighted by Gasteiger charge is -2.36. The van der Waals surface area contributed by atoms with Crippen LogP contribution in [-0.2, 0) is 11.2 Å². The van der Waals surface area contributed by atoms with Crippen LogP contribution in [-0.4, -0.2) is 43.8 Å². The van der Waals surface area contributed by atoms with Crippen molar-refractivity contribution < 1.29 is 4.74 Å². The highest BCUT2D eigenvalue weighted by Crippen LogP contribution is 2.26. The van der Waals surface area contributed by atoms with Crippen LogP contribution < -0.4 is 10.6 Å². The fourth-order valence-electron chi connectivity index (χ4n) is 3.04. The molecule has 5 nitrogen and oxygen atoms in total. The molecule has 2 heterocycles. The lowest BCUT2D eigenvalue weighted by Crippen LogP contribution is -2.44. The Labute approximate surface area is 143 Å². The Morgan fingerprint density at radius 1 is 1.33 bits per heavy atom. The van der Waals surface area contributed by atoms with Crippen LogP contribution in [0.2, 0.25) is 0 Å². The van der Waals surface area contributed by atoms with Gasteiger partial charge < -0.3 is 20.4 Å². The summed E-state index contributed by atoms with van der Waals surface area (Å²) >= 11 is 0. The number of aromatic nitrogens is 1. The van der Waals surface area contributed by atoms with Crippen LogP contribution in [0.3, 0.4) is 0 Å². The molecule has 0 spiro atoms. The van der Waals surface area contributed by atoms with E-state index in [1.165, 1.54) is 22.0 Å². The fourth-order valence-corrected chi connectivity index (χ4v) is 3.04. The highest BCUT2D eigenvalue weighted by Gasteiger charge is 2.33. The van der Waals surface area contributed by atoms with Crippen LogP contribution in [0, 0.1) is 12.3 Å². The Morgan fingerprint density at radius 2 is 2.17 bits per heavy atom. The minimum Gasteiger partial charge on any atom is -0.380 e. The van der Waals surface area contributed by atoms with Crippen LogP contribution in [0.25, 0.3) is 10.9 Å². The van der Waals surface area contributed by atoms with Gasteiger partial charge in [0, 0.05) is 35.6 Å². The van der Waals surface area contributed by atoms with E-state index < -0.39 is 0 Å². The number of H-pyrrole nitrogens is 1. The maximum atomic E-state index is 5.30. The number of nitrogens with one attached hydrogen (secondary N) is 3. The van der Waals surface area contributed by atoms with Crippen molar-refractivity contribution in [2.24, 2.45) is 10.4 Å². The number of rotatable bonds is 6. The zero-order chi connectivity index (χ0) is 17.0. The Kier molecular flexibility index (Phi) is 5.09. The first-order chi connectivity index (χ1) is 11.6. The van der Waals surface area contributed by atoms with Gasteiger partial charge in [0.1, 0.15) is 0 Å². The molecule has 130 valence electrons. The molecule has 0 unspecified atom stereocenters. The third-order valence-electron chi connectivity index (χ3n) is 4.56. The molecule has 3 N–H and O–H groups in total. The van der Waals surface area contributed by atoms with Gasteiger partial charge in [-0.05, 0) is 31.4 Å². The number of para-hydroxylation sites is 1. The number of aromatic amines is 1. The van der Waals surface area contributed by atoms with Crippen molar-refractivity contribution in [1.82, 2.24) is 15.6 Å². The quantitative estimate of drug-likeness (QED) is 0.564. The largest absolute Gasteiger partial charge is 0.380 e. The Morgan fingerprint density at radius 3 is 2.88 bits per heavy atom. The Hall–Kier alpha value is -2.01. The summed E-state index contributed by atoms with van der Waals surface area (Å²) in [6, 6.07) is 6.45. The first-order valence-corrected chi connectivity index (χ1v) is 8.77. The number of nitrogens with zero attached hydrogens (tertiary/aromatic N) is 1. The number of guanidine groups is 1. The summed E-state index contributed by atoms with van der Waals surface area (Å²) in [5.74, 6) is 0.890. The maximum absolute atomic E-state index is 5.30. The second-order valence-electron chi connectivity index (χ2n) is 6.99. The summed E-state index contributed by atoms with van der Waals surface area (Å²) in [5, 5.41) is 8.08. The van der Waals surface area contributed by atoms with E-state index in [9.17, 15) is 0 Å². The smallest absolute Gasteiger partial charge is 0.191 e. The topological polar surface area (TPSA) is 61.4 Å². The number of ether oxygens (including phenoxy) is 1. The van der Waals surface area contributed by atoms with Gasteiger partial charge in [0.25, 0.3) is 0 Å². The van der Waals surface area contributed by atoms with E-state index in [2.05, 4.69) is 60.8 Å². The molecule has 1 saturated heterocycles. The van der Waals surface area contributed by atoms with Gasteiger partial charge in [0.2, 0.25) is 0 Å². The third kappa shape index (κ3) is 3.73. The number of benzene rings is 1. The lowest BCUT2D eigenvalue weighted by atomic mass is 9.89. The van der Waals surface area contributed by atoms with Crippen molar-refractivity contribution >= 4 is 16.9 Å². The van der Waals surface area contributed by atoms with E-state index >= 15 is 0 Å². The zero-order valence-corrected chi connectivity index (χ0v) is 14.9. The van der Waals surface area contributed by atoms with E-state index in [1.807, 2.05) is 0 Å². The molecular weight excluding hydrogens is 300 g/mol. The molecule has 1 aliphatic rings. The fraction of sp³-hybridized carbons (Fsp3) is 0.526. The molecule has 0 bridgehead atoms. The summed E-state index contributed by atoms with van der Waals surface area (Å²) in [5.41, 5.74) is 4.08. The van der Waals surface area contributed by atoms with Gasteiger partial charge in [-0.2, -0.15) is 0 Å². The minimum atomic E-state index is 0.205. The molecule has 3 rings (SSSR count). The van der Waals surface area contributed by atoms with Gasteiger partial charge in [0.15, 0.2) is 5.96 Å². The molecule has 5 heteroatoms. The Bertz CT molecular complexity index is 715. The lowest BCUT2D eigenvalue weighted by molar-refractivity contribution is -0.0945. The average Bonchev–Trinajstić information content (AvgIpc) is 2.95. The van der Waals surface area contributed by atoms with Crippen LogP contribution in [0.4, 0.5) is 0 Å². The van der Waals surface area contributed by atoms with Crippen LogP contribution in [0.15, 0.2) is 29.4 Å². The number of aryl methyl sites for hydroxylation is 1. The summed E-state index contributed by atoms with van der Waals surface area (Å²) in [7, 11) is 0. The van der Waals surface area contributed by atoms with Gasteiger partial charge in [0.05, 0.1) is 19.8 Å². The highest BCUT2D eigenvalue weighted by atomic mass is 16.5. The van der Waals surface area contributed by atoms with Crippen molar-refractivity contribution in [3.63, 3.8) is 0 Å². The summed E-state index contributed by atoms with van der Waals surface area (Å²) in [6.07, 6.45) is 3.09. The molecule has 1 fully saturated rings. The van der Waals surface area contributed by atoms with Crippen molar-refractivity contribution in [3.8, 4) is 0 Å². The molecule has 24 heavy (non-hydrogen) atoms. The summed E-state index contributed by atoms with van der Waals surface area (Å²) in [4.78, 5) is 8.10. The predicted molar refractivity (Wildman–Crippen MR) is 99.6 cm³/mol. The van der Waals surface area contributed by atoms with Crippen molar-refractivity contribution in [2.45, 2.75) is 27.2 Å². The summed E-state index contributed by atoms with van der Waals surface area (Å²) in [6.45, 7) is 10.6. The van der Waals surface area contributed by atoms with Crippen molar-refractivity contribution in [2.75, 3.05) is 32.8 Å². The number of hydrogen-bond donors (Lipinski definition) is 3. The molecular formula is C19H28N4O. The van der Waals surface area contributed by atoms with E-state index in [0.29, 0.717) is 0 Å². The van der Waals surface area contributed by atoms with Crippen molar-refractivity contribution in [3.05, 3.63) is 35.5 Å². The molecule has 1 aromatic heterocycles. The van der Waals surface area contributed by atoms with Gasteiger partial charge in [-0.1, -0.05) is 25.1 Å². The van der Waals surface area contributed by atoms with Crippen LogP contribution in [0.1, 0.15) is 25.0 Å². The minimum absolute atomic E-state index is 0.205. The first-order valence-electron chi connectivity index (χ1n) is 8.77. The molecule has 0 amide bonds. The van der Waals surface area contributed by atoms with Crippen LogP contribution in [0.5, 0.6) is 0 Å². The second kappa shape index (κ2) is 7.26. The Balaban J connectivity index is 1.58. The average molecular weight is 328 g/mol. The SMILES string of the molecule is CCNC(=NCC1(C)COC1)NCCc1c[nH]c2c(C)cccc12. The summed E-state index contributed by atoms with van der Waals surface area (Å²) < 4.78 is 5.30. The van der Waals surface area contributed by atoms with Crippen molar-refractivity contribution in [1.29, 1.82) is 0 Å². The number of aliphatic imine (C=N–C) groups is 1. The van der Waals surface area contributed by atoms with Gasteiger partial charge >= 0.3 is 0 Å². The normalized spacial score (nSPS) is 16.9. The van der Waals surface area contributed by atoms with E-state index in [0.717, 1.165) is 45.2 Å². The molecule has 0 aliphatic carbocycles. The van der Waals surface area contributed by atoms with Gasteiger partial charge in [-0.15, -0.1) is 0 Å². The zero-order valence-electron chi connectivity index (χ0n) is 14.9. The third-order valence-corrected chi connectivity index (χ3v) is 4.56. The standard InChI is InChI=1S/C19H28N4O/c1-4-20-18(23-11-19(3)12-24-13-19)21-9-8-15-10-22-17-14(2)6-5-7-16(15)17/h5-7,10,22H,4,8-9,11-13H2,1-3H3,(H2,20,21,23). The highest BCUT2D eigenvalue weighted by molar-refractivity contribution is 5.86.